The van der Waals surface area contributed by atoms with Crippen molar-refractivity contribution in [3.8, 4) is 0 Å². The number of carbonyl (C=O) groups excluding carboxylic acids is 1. The van der Waals surface area contributed by atoms with Gasteiger partial charge < -0.3 is 20.2 Å². The highest BCUT2D eigenvalue weighted by molar-refractivity contribution is 5.78. The smallest absolute Gasteiger partial charge is 0.317 e. The molecule has 6 nitrogen and oxygen atoms in total. The van der Waals surface area contributed by atoms with Gasteiger partial charge >= 0.3 is 12.0 Å². The van der Waals surface area contributed by atoms with Crippen molar-refractivity contribution in [3.05, 3.63) is 0 Å². The maximum Gasteiger partial charge on any atom is 0.317 e. The molecule has 2 fully saturated rings. The van der Waals surface area contributed by atoms with Gasteiger partial charge in [-0.3, -0.25) is 4.79 Å². The molecule has 0 aromatic heterocycles. The van der Waals surface area contributed by atoms with Crippen LogP contribution in [0, 0.1) is 5.41 Å². The van der Waals surface area contributed by atoms with Gasteiger partial charge in [0.25, 0.3) is 0 Å². The molecular formula is C15H27N3O3. The van der Waals surface area contributed by atoms with Crippen molar-refractivity contribution in [2.24, 2.45) is 5.41 Å². The van der Waals surface area contributed by atoms with Gasteiger partial charge in [0.15, 0.2) is 0 Å². The van der Waals surface area contributed by atoms with Crippen LogP contribution in [0.15, 0.2) is 0 Å². The molecule has 0 unspecified atom stereocenters. The van der Waals surface area contributed by atoms with Gasteiger partial charge in [0.1, 0.15) is 0 Å². The van der Waals surface area contributed by atoms with Gasteiger partial charge in [-0.25, -0.2) is 4.79 Å². The Morgan fingerprint density at radius 3 is 2.43 bits per heavy atom. The number of hydrogen-bond donors (Lipinski definition) is 2. The first kappa shape index (κ1) is 16.1. The second kappa shape index (κ2) is 7.11. The van der Waals surface area contributed by atoms with Crippen molar-refractivity contribution in [1.82, 2.24) is 15.1 Å². The van der Waals surface area contributed by atoms with Crippen LogP contribution in [0.5, 0.6) is 0 Å². The Balaban J connectivity index is 1.88. The van der Waals surface area contributed by atoms with Gasteiger partial charge in [0.2, 0.25) is 0 Å². The van der Waals surface area contributed by atoms with Gasteiger partial charge in [-0.1, -0.05) is 19.3 Å². The number of carbonyl (C=O) groups is 2. The zero-order valence-electron chi connectivity index (χ0n) is 12.9. The first-order chi connectivity index (χ1) is 10.0. The summed E-state index contributed by atoms with van der Waals surface area (Å²) in [5.41, 5.74) is -0.753. The van der Waals surface area contributed by atoms with Crippen molar-refractivity contribution in [3.63, 3.8) is 0 Å². The summed E-state index contributed by atoms with van der Waals surface area (Å²) in [5, 5.41) is 12.4. The quantitative estimate of drug-likeness (QED) is 0.825. The fourth-order valence-corrected chi connectivity index (χ4v) is 3.30. The molecule has 2 amide bonds. The second-order valence-corrected chi connectivity index (χ2v) is 6.45. The highest BCUT2D eigenvalue weighted by Crippen LogP contribution is 2.36. The monoisotopic (exact) mass is 297 g/mol. The molecule has 21 heavy (non-hydrogen) atoms. The van der Waals surface area contributed by atoms with Crippen LogP contribution < -0.4 is 5.32 Å². The number of urea groups is 1. The Kier molecular flexibility index (Phi) is 5.45. The third-order valence-electron chi connectivity index (χ3n) is 4.85. The van der Waals surface area contributed by atoms with E-state index in [1.165, 1.54) is 0 Å². The summed E-state index contributed by atoms with van der Waals surface area (Å²) in [4.78, 5) is 27.9. The first-order valence-corrected chi connectivity index (χ1v) is 7.98. The Bertz CT molecular complexity index is 380. The number of amides is 2. The lowest BCUT2D eigenvalue weighted by Crippen LogP contribution is -2.49. The molecule has 1 aliphatic carbocycles. The van der Waals surface area contributed by atoms with Crippen LogP contribution >= 0.6 is 0 Å². The molecule has 0 spiro atoms. The Morgan fingerprint density at radius 1 is 1.05 bits per heavy atom. The molecule has 1 saturated carbocycles. The number of likely N-dealkylation sites (N-methyl/N-ethyl adjacent to an activating group) is 1. The lowest BCUT2D eigenvalue weighted by molar-refractivity contribution is -0.150. The maximum atomic E-state index is 12.3. The van der Waals surface area contributed by atoms with E-state index in [1.54, 1.807) is 0 Å². The topological polar surface area (TPSA) is 72.9 Å². The second-order valence-electron chi connectivity index (χ2n) is 6.45. The third-order valence-corrected chi connectivity index (χ3v) is 4.85. The van der Waals surface area contributed by atoms with Crippen LogP contribution in [-0.2, 0) is 4.79 Å². The highest BCUT2D eigenvalue weighted by atomic mass is 16.4. The molecular weight excluding hydrogens is 270 g/mol. The van der Waals surface area contributed by atoms with Crippen molar-refractivity contribution in [2.75, 3.05) is 39.8 Å². The van der Waals surface area contributed by atoms with Crippen LogP contribution in [0.2, 0.25) is 0 Å². The van der Waals surface area contributed by atoms with E-state index in [1.807, 2.05) is 4.90 Å². The summed E-state index contributed by atoms with van der Waals surface area (Å²) in [6, 6.07) is -0.114. The van der Waals surface area contributed by atoms with E-state index in [2.05, 4.69) is 17.3 Å². The summed E-state index contributed by atoms with van der Waals surface area (Å²) in [6.45, 7) is 3.59. The van der Waals surface area contributed by atoms with E-state index in [9.17, 15) is 14.7 Å². The van der Waals surface area contributed by atoms with E-state index in [0.29, 0.717) is 19.4 Å². The average Bonchev–Trinajstić information content (AvgIpc) is 2.70. The number of rotatable bonds is 3. The highest BCUT2D eigenvalue weighted by Gasteiger charge is 2.40. The number of carboxylic acids is 1. The van der Waals surface area contributed by atoms with Crippen LogP contribution in [0.25, 0.3) is 0 Å². The Hall–Kier alpha value is -1.30. The minimum absolute atomic E-state index is 0.114. The molecule has 0 radical (unpaired) electrons. The average molecular weight is 297 g/mol. The molecule has 0 bridgehead atoms. The molecule has 0 atom stereocenters. The number of nitrogens with zero attached hydrogens (tertiary/aromatic N) is 2. The van der Waals surface area contributed by atoms with Crippen LogP contribution in [0.3, 0.4) is 0 Å². The summed E-state index contributed by atoms with van der Waals surface area (Å²) < 4.78 is 0. The fourth-order valence-electron chi connectivity index (χ4n) is 3.30. The van der Waals surface area contributed by atoms with Gasteiger partial charge in [0.05, 0.1) is 5.41 Å². The maximum absolute atomic E-state index is 12.3. The zero-order chi connectivity index (χ0) is 15.3. The lowest BCUT2D eigenvalue weighted by atomic mass is 9.74. The van der Waals surface area contributed by atoms with Gasteiger partial charge in [-0.15, -0.1) is 0 Å². The number of carboxylic acid groups (broad SMARTS) is 1. The van der Waals surface area contributed by atoms with E-state index >= 15 is 0 Å². The zero-order valence-corrected chi connectivity index (χ0v) is 12.9. The van der Waals surface area contributed by atoms with E-state index in [-0.39, 0.29) is 12.6 Å². The fraction of sp³-hybridized carbons (Fsp3) is 0.867. The number of aliphatic carboxylic acids is 1. The molecule has 1 aliphatic heterocycles. The first-order valence-electron chi connectivity index (χ1n) is 7.98. The van der Waals surface area contributed by atoms with Crippen molar-refractivity contribution in [1.29, 1.82) is 0 Å². The molecule has 120 valence electrons. The molecule has 2 rings (SSSR count). The predicted octanol–water partition coefficient (Wildman–Crippen LogP) is 1.37. The molecule has 1 saturated heterocycles. The summed E-state index contributed by atoms with van der Waals surface area (Å²) in [6.07, 6.45) is 5.29. The predicted molar refractivity (Wildman–Crippen MR) is 80.2 cm³/mol. The SMILES string of the molecule is CN1CCCN(C(=O)NCC2(C(=O)O)CCCCC2)CC1. The van der Waals surface area contributed by atoms with E-state index in [4.69, 9.17) is 0 Å². The summed E-state index contributed by atoms with van der Waals surface area (Å²) in [7, 11) is 2.06. The standard InChI is InChI=1S/C15H27N3O3/c1-17-8-5-9-18(11-10-17)14(21)16-12-15(13(19)20)6-3-2-4-7-15/h2-12H2,1H3,(H,16,21)(H,19,20). The number of hydrogen-bond acceptors (Lipinski definition) is 3. The molecule has 1 heterocycles. The Labute approximate surface area is 126 Å². The summed E-state index contributed by atoms with van der Waals surface area (Å²) in [5.74, 6) is -0.766. The minimum atomic E-state index is -0.766. The van der Waals surface area contributed by atoms with Crippen molar-refractivity contribution < 1.29 is 14.7 Å². The molecule has 0 aromatic carbocycles. The van der Waals surface area contributed by atoms with E-state index < -0.39 is 11.4 Å². The molecule has 0 aromatic rings. The molecule has 2 aliphatic rings. The molecule has 2 N–H and O–H groups in total. The van der Waals surface area contributed by atoms with Crippen LogP contribution in [0.1, 0.15) is 38.5 Å². The van der Waals surface area contributed by atoms with Crippen molar-refractivity contribution in [2.45, 2.75) is 38.5 Å². The van der Waals surface area contributed by atoms with Crippen molar-refractivity contribution >= 4 is 12.0 Å². The van der Waals surface area contributed by atoms with Gasteiger partial charge in [-0.05, 0) is 32.9 Å². The number of nitrogens with one attached hydrogen (secondary N) is 1. The van der Waals surface area contributed by atoms with E-state index in [0.717, 1.165) is 45.3 Å². The Morgan fingerprint density at radius 2 is 1.76 bits per heavy atom. The largest absolute Gasteiger partial charge is 0.481 e. The van der Waals surface area contributed by atoms with Gasteiger partial charge in [-0.2, -0.15) is 0 Å². The molecule has 6 heteroatoms. The lowest BCUT2D eigenvalue weighted by Gasteiger charge is -2.34. The van der Waals surface area contributed by atoms with Crippen LogP contribution in [-0.4, -0.2) is 66.7 Å². The summed E-state index contributed by atoms with van der Waals surface area (Å²) >= 11 is 0. The minimum Gasteiger partial charge on any atom is -0.481 e. The van der Waals surface area contributed by atoms with Gasteiger partial charge in [0, 0.05) is 26.2 Å². The van der Waals surface area contributed by atoms with Crippen LogP contribution in [0.4, 0.5) is 4.79 Å². The third kappa shape index (κ3) is 4.09. The normalized spacial score (nSPS) is 23.4.